The van der Waals surface area contributed by atoms with E-state index in [0.717, 1.165) is 10.6 Å². The highest BCUT2D eigenvalue weighted by atomic mass is 32.2. The number of nitrogens with zero attached hydrogens (tertiary/aromatic N) is 1. The molecule has 1 aromatic carbocycles. The average Bonchev–Trinajstić information content (AvgIpc) is 2.60. The number of fused-ring (bicyclic) bond motifs is 1. The number of urea groups is 1. The molecule has 0 aromatic heterocycles. The Labute approximate surface area is 150 Å². The summed E-state index contributed by atoms with van der Waals surface area (Å²) in [6.07, 6.45) is 3.05. The Kier molecular flexibility index (Phi) is 5.17. The number of nitrogens with one attached hydrogen (secondary N) is 3. The van der Waals surface area contributed by atoms with Gasteiger partial charge in [0.2, 0.25) is 11.8 Å². The van der Waals surface area contributed by atoms with Crippen molar-refractivity contribution >= 4 is 35.3 Å². The number of hydrogen-bond acceptors (Lipinski definition) is 4. The van der Waals surface area contributed by atoms with Gasteiger partial charge in [-0.25, -0.2) is 4.79 Å². The Bertz CT molecular complexity index is 696. The average molecular weight is 362 g/mol. The van der Waals surface area contributed by atoms with Gasteiger partial charge in [0, 0.05) is 23.2 Å². The first kappa shape index (κ1) is 17.6. The third kappa shape index (κ3) is 3.89. The van der Waals surface area contributed by atoms with Crippen LogP contribution in [0.15, 0.2) is 29.2 Å². The molecule has 2 aliphatic heterocycles. The SMILES string of the molecule is CSc1cccc(NC(=O)NC2CCN3C(=O)C(C)NC(=O)C3C2)c1. The summed E-state index contributed by atoms with van der Waals surface area (Å²) < 4.78 is 0. The van der Waals surface area contributed by atoms with Crippen molar-refractivity contribution in [1.29, 1.82) is 0 Å². The second-order valence-corrected chi connectivity index (χ2v) is 7.21. The van der Waals surface area contributed by atoms with Crippen molar-refractivity contribution in [3.05, 3.63) is 24.3 Å². The molecule has 0 spiro atoms. The number of amides is 4. The second-order valence-electron chi connectivity index (χ2n) is 6.33. The van der Waals surface area contributed by atoms with Gasteiger partial charge in [-0.05, 0) is 44.2 Å². The maximum absolute atomic E-state index is 12.2. The lowest BCUT2D eigenvalue weighted by Gasteiger charge is -2.43. The molecule has 8 heteroatoms. The number of rotatable bonds is 3. The summed E-state index contributed by atoms with van der Waals surface area (Å²) in [5.74, 6) is -0.201. The molecular weight excluding hydrogens is 340 g/mol. The number of carbonyl (C=O) groups is 3. The first-order chi connectivity index (χ1) is 12.0. The highest BCUT2D eigenvalue weighted by Crippen LogP contribution is 2.23. The highest BCUT2D eigenvalue weighted by Gasteiger charge is 2.42. The van der Waals surface area contributed by atoms with Crippen LogP contribution in [0.25, 0.3) is 0 Å². The fraction of sp³-hybridized carbons (Fsp3) is 0.471. The lowest BCUT2D eigenvalue weighted by atomic mass is 9.93. The van der Waals surface area contributed by atoms with E-state index < -0.39 is 12.1 Å². The molecule has 3 rings (SSSR count). The number of benzene rings is 1. The van der Waals surface area contributed by atoms with Crippen LogP contribution in [0.3, 0.4) is 0 Å². The standard InChI is InChI=1S/C17H22N4O3S/c1-10-16(23)21-7-6-12(9-14(21)15(22)18-10)20-17(24)19-11-4-3-5-13(8-11)25-2/h3-5,8,10,12,14H,6-7,9H2,1-2H3,(H,18,22)(H2,19,20,24). The molecule has 2 aliphatic rings. The van der Waals surface area contributed by atoms with Gasteiger partial charge in [-0.2, -0.15) is 0 Å². The van der Waals surface area contributed by atoms with E-state index in [1.54, 1.807) is 23.6 Å². The lowest BCUT2D eigenvalue weighted by Crippen LogP contribution is -2.66. The summed E-state index contributed by atoms with van der Waals surface area (Å²) in [7, 11) is 0. The molecule has 7 nitrogen and oxygen atoms in total. The van der Waals surface area contributed by atoms with Crippen molar-refractivity contribution in [3.8, 4) is 0 Å². The topological polar surface area (TPSA) is 90.5 Å². The molecule has 4 amide bonds. The maximum atomic E-state index is 12.2. The molecule has 134 valence electrons. The number of thioether (sulfide) groups is 1. The van der Waals surface area contributed by atoms with E-state index in [0.29, 0.717) is 19.4 Å². The maximum Gasteiger partial charge on any atom is 0.319 e. The molecule has 2 fully saturated rings. The van der Waals surface area contributed by atoms with Crippen LogP contribution in [0.4, 0.5) is 10.5 Å². The van der Waals surface area contributed by atoms with E-state index in [-0.39, 0.29) is 23.9 Å². The fourth-order valence-corrected chi connectivity index (χ4v) is 3.74. The summed E-state index contributed by atoms with van der Waals surface area (Å²) in [6, 6.07) is 6.19. The van der Waals surface area contributed by atoms with Crippen molar-refractivity contribution < 1.29 is 14.4 Å². The number of carbonyl (C=O) groups excluding carboxylic acids is 3. The third-order valence-corrected chi connectivity index (χ3v) is 5.31. The van der Waals surface area contributed by atoms with E-state index in [2.05, 4.69) is 16.0 Å². The van der Waals surface area contributed by atoms with Gasteiger partial charge in [-0.3, -0.25) is 9.59 Å². The van der Waals surface area contributed by atoms with Crippen LogP contribution in [-0.4, -0.2) is 53.7 Å². The van der Waals surface area contributed by atoms with Crippen molar-refractivity contribution in [2.45, 2.75) is 42.8 Å². The Morgan fingerprint density at radius 1 is 1.36 bits per heavy atom. The Morgan fingerprint density at radius 3 is 2.92 bits per heavy atom. The number of hydrogen-bond donors (Lipinski definition) is 3. The molecule has 25 heavy (non-hydrogen) atoms. The summed E-state index contributed by atoms with van der Waals surface area (Å²) in [6.45, 7) is 2.17. The summed E-state index contributed by atoms with van der Waals surface area (Å²) in [5.41, 5.74) is 0.723. The van der Waals surface area contributed by atoms with E-state index >= 15 is 0 Å². The minimum absolute atomic E-state index is 0.0543. The quantitative estimate of drug-likeness (QED) is 0.709. The van der Waals surface area contributed by atoms with E-state index in [9.17, 15) is 14.4 Å². The third-order valence-electron chi connectivity index (χ3n) is 4.58. The van der Waals surface area contributed by atoms with Crippen LogP contribution in [0.1, 0.15) is 19.8 Å². The van der Waals surface area contributed by atoms with Crippen LogP contribution in [-0.2, 0) is 9.59 Å². The molecule has 0 saturated carbocycles. The van der Waals surface area contributed by atoms with E-state index in [1.165, 1.54) is 0 Å². The number of piperidine rings is 1. The van der Waals surface area contributed by atoms with Crippen LogP contribution in [0.2, 0.25) is 0 Å². The van der Waals surface area contributed by atoms with Crippen LogP contribution >= 0.6 is 11.8 Å². The minimum Gasteiger partial charge on any atom is -0.343 e. The number of anilines is 1. The molecule has 0 bridgehead atoms. The molecule has 2 heterocycles. The molecule has 1 aromatic rings. The van der Waals surface area contributed by atoms with Gasteiger partial charge in [0.25, 0.3) is 0 Å². The van der Waals surface area contributed by atoms with Gasteiger partial charge in [-0.1, -0.05) is 6.07 Å². The molecule has 2 saturated heterocycles. The van der Waals surface area contributed by atoms with Crippen LogP contribution in [0, 0.1) is 0 Å². The first-order valence-electron chi connectivity index (χ1n) is 8.30. The zero-order chi connectivity index (χ0) is 18.0. The monoisotopic (exact) mass is 362 g/mol. The van der Waals surface area contributed by atoms with E-state index in [1.807, 2.05) is 30.5 Å². The van der Waals surface area contributed by atoms with Crippen molar-refractivity contribution in [2.24, 2.45) is 0 Å². The van der Waals surface area contributed by atoms with Gasteiger partial charge in [0.1, 0.15) is 12.1 Å². The molecule has 3 N–H and O–H groups in total. The summed E-state index contributed by atoms with van der Waals surface area (Å²) >= 11 is 1.61. The smallest absolute Gasteiger partial charge is 0.319 e. The lowest BCUT2D eigenvalue weighted by molar-refractivity contribution is -0.151. The van der Waals surface area contributed by atoms with Gasteiger partial charge in [0.05, 0.1) is 0 Å². The molecule has 3 atom stereocenters. The Balaban J connectivity index is 1.58. The molecule has 0 aliphatic carbocycles. The van der Waals surface area contributed by atoms with E-state index in [4.69, 9.17) is 0 Å². The molecule has 3 unspecified atom stereocenters. The normalized spacial score (nSPS) is 25.8. The van der Waals surface area contributed by atoms with Crippen LogP contribution in [0.5, 0.6) is 0 Å². The van der Waals surface area contributed by atoms with Gasteiger partial charge >= 0.3 is 6.03 Å². The molecular formula is C17H22N4O3S. The predicted octanol–water partition coefficient (Wildman–Crippen LogP) is 1.41. The largest absolute Gasteiger partial charge is 0.343 e. The summed E-state index contributed by atoms with van der Waals surface area (Å²) in [4.78, 5) is 39.2. The highest BCUT2D eigenvalue weighted by molar-refractivity contribution is 7.98. The first-order valence-corrected chi connectivity index (χ1v) is 9.53. The van der Waals surface area contributed by atoms with Crippen molar-refractivity contribution in [2.75, 3.05) is 18.1 Å². The van der Waals surface area contributed by atoms with Gasteiger partial charge < -0.3 is 20.9 Å². The zero-order valence-corrected chi connectivity index (χ0v) is 15.1. The second kappa shape index (κ2) is 7.35. The zero-order valence-electron chi connectivity index (χ0n) is 14.2. The summed E-state index contributed by atoms with van der Waals surface area (Å²) in [5, 5.41) is 8.42. The molecule has 0 radical (unpaired) electrons. The van der Waals surface area contributed by atoms with Crippen molar-refractivity contribution in [1.82, 2.24) is 15.5 Å². The Hall–Kier alpha value is -2.22. The van der Waals surface area contributed by atoms with Gasteiger partial charge in [0.15, 0.2) is 0 Å². The Morgan fingerprint density at radius 2 is 2.16 bits per heavy atom. The van der Waals surface area contributed by atoms with Crippen LogP contribution < -0.4 is 16.0 Å². The van der Waals surface area contributed by atoms with Gasteiger partial charge in [-0.15, -0.1) is 11.8 Å². The predicted molar refractivity (Wildman–Crippen MR) is 96.5 cm³/mol. The minimum atomic E-state index is -0.498. The number of piperazine rings is 1. The van der Waals surface area contributed by atoms with Crippen molar-refractivity contribution in [3.63, 3.8) is 0 Å². The fourth-order valence-electron chi connectivity index (χ4n) is 3.28.